The molecule has 1 aromatic carbocycles. The van der Waals surface area contributed by atoms with Crippen LogP contribution in [0.2, 0.25) is 0 Å². The van der Waals surface area contributed by atoms with E-state index in [1.165, 1.54) is 18.2 Å². The lowest BCUT2D eigenvalue weighted by molar-refractivity contribution is 0.00940. The van der Waals surface area contributed by atoms with Gasteiger partial charge in [0.25, 0.3) is 0 Å². The average Bonchev–Trinajstić information content (AvgIpc) is 2.61. The van der Waals surface area contributed by atoms with Crippen LogP contribution in [0.25, 0.3) is 0 Å². The zero-order valence-electron chi connectivity index (χ0n) is 13.0. The molecule has 1 fully saturated rings. The molecule has 1 saturated heterocycles. The van der Waals surface area contributed by atoms with Gasteiger partial charge in [0.15, 0.2) is 5.82 Å². The van der Waals surface area contributed by atoms with E-state index in [2.05, 4.69) is 14.7 Å². The van der Waals surface area contributed by atoms with E-state index in [4.69, 9.17) is 4.74 Å². The Labute approximate surface area is 140 Å². The van der Waals surface area contributed by atoms with Crippen LogP contribution in [-0.2, 0) is 21.3 Å². The Morgan fingerprint density at radius 1 is 1.21 bits per heavy atom. The molecule has 8 heteroatoms. The Morgan fingerprint density at radius 2 is 1.96 bits per heavy atom. The third-order valence-electron chi connectivity index (χ3n) is 3.79. The number of sulfonamides is 1. The average molecular weight is 351 g/mol. The number of nitrogens with one attached hydrogen (secondary N) is 1. The highest BCUT2D eigenvalue weighted by molar-refractivity contribution is 7.89. The smallest absolute Gasteiger partial charge is 0.243 e. The zero-order chi connectivity index (χ0) is 17.0. The Kier molecular flexibility index (Phi) is 5.17. The summed E-state index contributed by atoms with van der Waals surface area (Å²) in [7, 11) is -3.92. The van der Waals surface area contributed by atoms with Crippen LogP contribution in [0.1, 0.15) is 36.8 Å². The van der Waals surface area contributed by atoms with Gasteiger partial charge >= 0.3 is 0 Å². The first-order chi connectivity index (χ1) is 11.6. The summed E-state index contributed by atoms with van der Waals surface area (Å²) in [5, 5.41) is 0. The van der Waals surface area contributed by atoms with Gasteiger partial charge in [-0.05, 0) is 31.4 Å². The number of aromatic nitrogens is 2. The molecule has 1 aromatic heterocycles. The van der Waals surface area contributed by atoms with E-state index >= 15 is 0 Å². The van der Waals surface area contributed by atoms with Gasteiger partial charge in [0.1, 0.15) is 16.8 Å². The Hall–Kier alpha value is -1.90. The molecular formula is C16H18FN3O3S. The topological polar surface area (TPSA) is 81.2 Å². The monoisotopic (exact) mass is 351 g/mol. The van der Waals surface area contributed by atoms with Crippen molar-refractivity contribution < 1.29 is 17.5 Å². The van der Waals surface area contributed by atoms with Gasteiger partial charge in [0, 0.05) is 31.1 Å². The van der Waals surface area contributed by atoms with Gasteiger partial charge in [0.05, 0.1) is 0 Å². The van der Waals surface area contributed by atoms with Gasteiger partial charge < -0.3 is 4.74 Å². The van der Waals surface area contributed by atoms with Crippen molar-refractivity contribution in [3.05, 3.63) is 53.9 Å². The maximum absolute atomic E-state index is 13.6. The molecule has 0 saturated carbocycles. The van der Waals surface area contributed by atoms with Gasteiger partial charge in [-0.1, -0.05) is 12.1 Å². The fourth-order valence-electron chi connectivity index (χ4n) is 2.49. The van der Waals surface area contributed by atoms with Crippen LogP contribution in [-0.4, -0.2) is 25.0 Å². The molecule has 0 bridgehead atoms. The Bertz CT molecular complexity index is 790. The predicted molar refractivity (Wildman–Crippen MR) is 85.0 cm³/mol. The molecule has 2 heterocycles. The third kappa shape index (κ3) is 3.95. The van der Waals surface area contributed by atoms with Crippen molar-refractivity contribution in [1.29, 1.82) is 0 Å². The molecule has 0 aliphatic carbocycles. The maximum atomic E-state index is 13.6. The van der Waals surface area contributed by atoms with Crippen molar-refractivity contribution in [2.45, 2.75) is 36.8 Å². The molecule has 128 valence electrons. The van der Waals surface area contributed by atoms with E-state index in [-0.39, 0.29) is 17.5 Å². The summed E-state index contributed by atoms with van der Waals surface area (Å²) in [6.45, 7) is 0.695. The van der Waals surface area contributed by atoms with Gasteiger partial charge in [0.2, 0.25) is 10.0 Å². The second kappa shape index (κ2) is 7.33. The molecule has 0 spiro atoms. The molecular weight excluding hydrogens is 333 g/mol. The van der Waals surface area contributed by atoms with Crippen molar-refractivity contribution in [2.24, 2.45) is 0 Å². The Morgan fingerprint density at radius 3 is 2.62 bits per heavy atom. The first-order valence-corrected chi connectivity index (χ1v) is 9.21. The third-order valence-corrected chi connectivity index (χ3v) is 5.22. The van der Waals surface area contributed by atoms with Crippen LogP contribution in [0.5, 0.6) is 0 Å². The van der Waals surface area contributed by atoms with Crippen LogP contribution in [0.15, 0.2) is 41.6 Å². The van der Waals surface area contributed by atoms with E-state index in [0.717, 1.165) is 25.3 Å². The number of rotatable bonds is 5. The lowest BCUT2D eigenvalue weighted by Crippen LogP contribution is -2.24. The summed E-state index contributed by atoms with van der Waals surface area (Å²) in [4.78, 5) is 8.12. The number of hydrogen-bond acceptors (Lipinski definition) is 5. The first kappa shape index (κ1) is 16.9. The van der Waals surface area contributed by atoms with Gasteiger partial charge in [-0.2, -0.15) is 0 Å². The molecule has 24 heavy (non-hydrogen) atoms. The molecule has 0 radical (unpaired) electrons. The van der Waals surface area contributed by atoms with Crippen molar-refractivity contribution in [3.8, 4) is 0 Å². The number of ether oxygens (including phenoxy) is 1. The van der Waals surface area contributed by atoms with Crippen LogP contribution in [0.3, 0.4) is 0 Å². The molecule has 1 N–H and O–H groups in total. The quantitative estimate of drug-likeness (QED) is 0.894. The first-order valence-electron chi connectivity index (χ1n) is 7.73. The van der Waals surface area contributed by atoms with Crippen LogP contribution < -0.4 is 4.72 Å². The van der Waals surface area contributed by atoms with E-state index in [1.807, 2.05) is 0 Å². The van der Waals surface area contributed by atoms with E-state index in [1.54, 1.807) is 12.4 Å². The molecule has 6 nitrogen and oxygen atoms in total. The summed E-state index contributed by atoms with van der Waals surface area (Å²) in [6.07, 6.45) is 6.04. The van der Waals surface area contributed by atoms with Crippen molar-refractivity contribution in [2.75, 3.05) is 6.61 Å². The summed E-state index contributed by atoms with van der Waals surface area (Å²) in [5.41, 5.74) is 0.592. The van der Waals surface area contributed by atoms with Crippen molar-refractivity contribution in [3.63, 3.8) is 0 Å². The standard InChI is InChI=1S/C16H18FN3O3S/c17-13-5-1-2-7-15(13)24(21,22)20-11-12-9-18-16(19-10-12)14-6-3-4-8-23-14/h1-2,5,7,9-10,14,20H,3-4,6,8,11H2/t14-/m1/s1. The highest BCUT2D eigenvalue weighted by atomic mass is 32.2. The normalized spacial score (nSPS) is 18.5. The summed E-state index contributed by atoms with van der Waals surface area (Å²) < 4.78 is 45.8. The van der Waals surface area contributed by atoms with Crippen LogP contribution in [0, 0.1) is 5.82 Å². The predicted octanol–water partition coefficient (Wildman–Crippen LogP) is 2.34. The minimum absolute atomic E-state index is 0.0114. The Balaban J connectivity index is 1.65. The zero-order valence-corrected chi connectivity index (χ0v) is 13.8. The summed E-state index contributed by atoms with van der Waals surface area (Å²) in [6, 6.07) is 5.24. The molecule has 3 rings (SSSR count). The fourth-order valence-corrected chi connectivity index (χ4v) is 3.58. The van der Waals surface area contributed by atoms with Gasteiger partial charge in [-0.15, -0.1) is 0 Å². The van der Waals surface area contributed by atoms with Crippen LogP contribution >= 0.6 is 0 Å². The lowest BCUT2D eigenvalue weighted by Gasteiger charge is -2.21. The maximum Gasteiger partial charge on any atom is 0.243 e. The van der Waals surface area contributed by atoms with Crippen LogP contribution in [0.4, 0.5) is 4.39 Å². The number of halogens is 1. The molecule has 1 aliphatic heterocycles. The molecule has 0 amide bonds. The SMILES string of the molecule is O=S(=O)(NCc1cnc([C@H]2CCCCO2)nc1)c1ccccc1F. The van der Waals surface area contributed by atoms with Crippen molar-refractivity contribution in [1.82, 2.24) is 14.7 Å². The van der Waals surface area contributed by atoms with Crippen molar-refractivity contribution >= 4 is 10.0 Å². The number of hydrogen-bond donors (Lipinski definition) is 1. The van der Waals surface area contributed by atoms with E-state index in [0.29, 0.717) is 18.0 Å². The van der Waals surface area contributed by atoms with Gasteiger partial charge in [-0.25, -0.2) is 27.5 Å². The molecule has 2 aromatic rings. The minimum atomic E-state index is -3.92. The minimum Gasteiger partial charge on any atom is -0.370 e. The van der Waals surface area contributed by atoms with Gasteiger partial charge in [-0.3, -0.25) is 0 Å². The number of nitrogens with zero attached hydrogens (tertiary/aromatic N) is 2. The summed E-state index contributed by atoms with van der Waals surface area (Å²) >= 11 is 0. The highest BCUT2D eigenvalue weighted by Gasteiger charge is 2.20. The van der Waals surface area contributed by atoms with E-state index in [9.17, 15) is 12.8 Å². The second-order valence-corrected chi connectivity index (χ2v) is 7.30. The lowest BCUT2D eigenvalue weighted by atomic mass is 10.1. The number of benzene rings is 1. The summed E-state index contributed by atoms with van der Waals surface area (Å²) in [5.74, 6) is -0.179. The largest absolute Gasteiger partial charge is 0.370 e. The molecule has 1 atom stereocenters. The fraction of sp³-hybridized carbons (Fsp3) is 0.375. The second-order valence-electron chi connectivity index (χ2n) is 5.56. The highest BCUT2D eigenvalue weighted by Crippen LogP contribution is 2.24. The van der Waals surface area contributed by atoms with E-state index < -0.39 is 15.8 Å². The molecule has 0 unspecified atom stereocenters. The molecule has 1 aliphatic rings.